The van der Waals surface area contributed by atoms with Gasteiger partial charge in [0.25, 0.3) is 0 Å². The van der Waals surface area contributed by atoms with E-state index < -0.39 is 0 Å². The second-order valence-corrected chi connectivity index (χ2v) is 4.36. The zero-order valence-electron chi connectivity index (χ0n) is 10.2. The van der Waals surface area contributed by atoms with Crippen molar-refractivity contribution in [2.24, 2.45) is 5.41 Å². The number of hydrogen-bond donors (Lipinski definition) is 0. The van der Waals surface area contributed by atoms with E-state index in [0.29, 0.717) is 5.41 Å². The highest BCUT2D eigenvalue weighted by atomic mass is 15.1. The van der Waals surface area contributed by atoms with Crippen molar-refractivity contribution in [3.63, 3.8) is 0 Å². The Morgan fingerprint density at radius 2 is 1.85 bits per heavy atom. The lowest BCUT2D eigenvalue weighted by atomic mass is 9.83. The first-order chi connectivity index (χ1) is 6.16. The zero-order chi connectivity index (χ0) is 10.3. The van der Waals surface area contributed by atoms with Crippen LogP contribution in [0.5, 0.6) is 0 Å². The van der Waals surface area contributed by atoms with E-state index >= 15 is 0 Å². The molecule has 0 amide bonds. The Bertz CT molecular complexity index is 122. The predicted molar refractivity (Wildman–Crippen MR) is 61.1 cm³/mol. The Balaban J connectivity index is 0.000000671. The van der Waals surface area contributed by atoms with Crippen LogP contribution in [0.15, 0.2) is 0 Å². The molecule has 0 aromatic heterocycles. The molecule has 0 N–H and O–H groups in total. The fraction of sp³-hybridized carbons (Fsp3) is 1.00. The Morgan fingerprint density at radius 1 is 1.23 bits per heavy atom. The maximum atomic E-state index is 2.48. The van der Waals surface area contributed by atoms with Crippen molar-refractivity contribution in [3.05, 3.63) is 0 Å². The van der Waals surface area contributed by atoms with Crippen LogP contribution in [0.1, 0.15) is 53.4 Å². The first-order valence-corrected chi connectivity index (χ1v) is 5.85. The van der Waals surface area contributed by atoms with Crippen LogP contribution in [0.4, 0.5) is 0 Å². The minimum absolute atomic E-state index is 0.602. The maximum Gasteiger partial charge on any atom is 0.00322 e. The van der Waals surface area contributed by atoms with Crippen LogP contribution >= 0.6 is 0 Å². The first kappa shape index (κ1) is 13.0. The lowest BCUT2D eigenvalue weighted by Gasteiger charge is -2.29. The number of likely N-dealkylation sites (tertiary alicyclic amines) is 1. The molecule has 1 heterocycles. The highest BCUT2D eigenvalue weighted by Gasteiger charge is 2.25. The minimum Gasteiger partial charge on any atom is -0.306 e. The number of rotatable bonds is 1. The van der Waals surface area contributed by atoms with Gasteiger partial charge in [-0.2, -0.15) is 0 Å². The van der Waals surface area contributed by atoms with Gasteiger partial charge in [0.2, 0.25) is 0 Å². The molecule has 1 heteroatoms. The topological polar surface area (TPSA) is 3.24 Å². The molecule has 13 heavy (non-hydrogen) atoms. The molecule has 0 aromatic rings. The Kier molecular flexibility index (Phi) is 6.40. The third-order valence-corrected chi connectivity index (χ3v) is 3.08. The zero-order valence-corrected chi connectivity index (χ0v) is 10.2. The van der Waals surface area contributed by atoms with Gasteiger partial charge in [-0.05, 0) is 38.3 Å². The molecule has 0 spiro atoms. The molecule has 1 rings (SSSR count). The summed E-state index contributed by atoms with van der Waals surface area (Å²) in [6.45, 7) is 11.3. The maximum absolute atomic E-state index is 2.48. The van der Waals surface area contributed by atoms with Crippen LogP contribution in [-0.4, -0.2) is 25.0 Å². The van der Waals surface area contributed by atoms with Crippen LogP contribution < -0.4 is 0 Å². The summed E-state index contributed by atoms with van der Waals surface area (Å²) in [6, 6.07) is 0. The lowest BCUT2D eigenvalue weighted by Crippen LogP contribution is -2.30. The standard InChI is InChI=1S/C10H21N.C2H6/c1-4-10(2)7-5-6-8-11(3)9-10;1-2/h4-9H2,1-3H3;1-2H3. The molecule has 0 aromatic carbocycles. The smallest absolute Gasteiger partial charge is 0.00322 e. The summed E-state index contributed by atoms with van der Waals surface area (Å²) in [6.07, 6.45) is 5.58. The molecule has 1 unspecified atom stereocenters. The van der Waals surface area contributed by atoms with E-state index in [4.69, 9.17) is 0 Å². The molecule has 0 saturated carbocycles. The number of nitrogens with zero attached hydrogens (tertiary/aromatic N) is 1. The van der Waals surface area contributed by atoms with E-state index in [2.05, 4.69) is 25.8 Å². The summed E-state index contributed by atoms with van der Waals surface area (Å²) in [5, 5.41) is 0. The van der Waals surface area contributed by atoms with Crippen molar-refractivity contribution in [1.82, 2.24) is 4.90 Å². The molecule has 1 aliphatic rings. The number of hydrogen-bond acceptors (Lipinski definition) is 1. The summed E-state index contributed by atoms with van der Waals surface area (Å²) in [5.74, 6) is 0. The normalized spacial score (nSPS) is 30.2. The van der Waals surface area contributed by atoms with Gasteiger partial charge in [-0.15, -0.1) is 0 Å². The Hall–Kier alpha value is -0.0400. The molecule has 80 valence electrons. The second-order valence-electron chi connectivity index (χ2n) is 4.36. The fourth-order valence-electron chi connectivity index (χ4n) is 2.03. The van der Waals surface area contributed by atoms with Gasteiger partial charge in [0.1, 0.15) is 0 Å². The second kappa shape index (κ2) is 6.42. The van der Waals surface area contributed by atoms with Gasteiger partial charge in [-0.25, -0.2) is 0 Å². The predicted octanol–water partition coefficient (Wildman–Crippen LogP) is 3.54. The molecule has 1 saturated heterocycles. The molecule has 1 aliphatic heterocycles. The summed E-state index contributed by atoms with van der Waals surface area (Å²) in [7, 11) is 2.25. The molecule has 0 aliphatic carbocycles. The van der Waals surface area contributed by atoms with Crippen LogP contribution in [-0.2, 0) is 0 Å². The van der Waals surface area contributed by atoms with Crippen molar-refractivity contribution in [2.75, 3.05) is 20.1 Å². The quantitative estimate of drug-likeness (QED) is 0.604. The van der Waals surface area contributed by atoms with E-state index in [1.165, 1.54) is 38.8 Å². The van der Waals surface area contributed by atoms with Gasteiger partial charge in [-0.1, -0.05) is 34.1 Å². The van der Waals surface area contributed by atoms with E-state index in [-0.39, 0.29) is 0 Å². The van der Waals surface area contributed by atoms with Gasteiger partial charge in [-0.3, -0.25) is 0 Å². The van der Waals surface area contributed by atoms with Crippen molar-refractivity contribution in [1.29, 1.82) is 0 Å². The SMILES string of the molecule is CC.CCC1(C)CCCCN(C)C1. The van der Waals surface area contributed by atoms with Gasteiger partial charge in [0.15, 0.2) is 0 Å². The third-order valence-electron chi connectivity index (χ3n) is 3.08. The highest BCUT2D eigenvalue weighted by molar-refractivity contribution is 4.78. The molecular formula is C12H27N. The molecule has 1 fully saturated rings. The summed E-state index contributed by atoms with van der Waals surface area (Å²) < 4.78 is 0. The van der Waals surface area contributed by atoms with Gasteiger partial charge in [0.05, 0.1) is 0 Å². The summed E-state index contributed by atoms with van der Waals surface area (Å²) in [4.78, 5) is 2.48. The minimum atomic E-state index is 0.602. The van der Waals surface area contributed by atoms with Crippen LogP contribution in [0.2, 0.25) is 0 Å². The monoisotopic (exact) mass is 185 g/mol. The van der Waals surface area contributed by atoms with Gasteiger partial charge >= 0.3 is 0 Å². The van der Waals surface area contributed by atoms with Crippen LogP contribution in [0.3, 0.4) is 0 Å². The largest absolute Gasteiger partial charge is 0.306 e. The van der Waals surface area contributed by atoms with Crippen LogP contribution in [0, 0.1) is 5.41 Å². The Morgan fingerprint density at radius 3 is 2.38 bits per heavy atom. The van der Waals surface area contributed by atoms with E-state index in [9.17, 15) is 0 Å². The molecule has 0 radical (unpaired) electrons. The van der Waals surface area contributed by atoms with Crippen molar-refractivity contribution >= 4 is 0 Å². The van der Waals surface area contributed by atoms with Crippen molar-refractivity contribution in [2.45, 2.75) is 53.4 Å². The van der Waals surface area contributed by atoms with Crippen molar-refractivity contribution < 1.29 is 0 Å². The average Bonchev–Trinajstić information content (AvgIpc) is 2.31. The molecule has 0 bridgehead atoms. The first-order valence-electron chi connectivity index (χ1n) is 5.85. The highest BCUT2D eigenvalue weighted by Crippen LogP contribution is 2.31. The average molecular weight is 185 g/mol. The molecule has 1 nitrogen and oxygen atoms in total. The molecular weight excluding hydrogens is 158 g/mol. The molecule has 1 atom stereocenters. The Labute approximate surface area is 84.5 Å². The summed E-state index contributed by atoms with van der Waals surface area (Å²) >= 11 is 0. The third kappa shape index (κ3) is 4.66. The van der Waals surface area contributed by atoms with E-state index in [1.54, 1.807) is 0 Å². The van der Waals surface area contributed by atoms with Gasteiger partial charge in [0, 0.05) is 6.54 Å². The van der Waals surface area contributed by atoms with Crippen molar-refractivity contribution in [3.8, 4) is 0 Å². The van der Waals surface area contributed by atoms with E-state index in [0.717, 1.165) is 0 Å². The lowest BCUT2D eigenvalue weighted by molar-refractivity contribution is 0.200. The van der Waals surface area contributed by atoms with E-state index in [1.807, 2.05) is 13.8 Å². The summed E-state index contributed by atoms with van der Waals surface area (Å²) in [5.41, 5.74) is 0.602. The van der Waals surface area contributed by atoms with Gasteiger partial charge < -0.3 is 4.90 Å². The van der Waals surface area contributed by atoms with Crippen LogP contribution in [0.25, 0.3) is 0 Å². The fourth-order valence-corrected chi connectivity index (χ4v) is 2.03.